The van der Waals surface area contributed by atoms with E-state index in [1.165, 1.54) is 12.1 Å². The topological polar surface area (TPSA) is 146 Å². The summed E-state index contributed by atoms with van der Waals surface area (Å²) in [5, 5.41) is 8.54. The van der Waals surface area contributed by atoms with Crippen LogP contribution in [0.15, 0.2) is 54.6 Å². The Hall–Kier alpha value is -4.14. The minimum atomic E-state index is -4.56. The number of nitrogens with zero attached hydrogens (tertiary/aromatic N) is 1. The Kier molecular flexibility index (Phi) is 16.8. The van der Waals surface area contributed by atoms with Crippen molar-refractivity contribution in [3.63, 3.8) is 0 Å². The van der Waals surface area contributed by atoms with E-state index in [-0.39, 0.29) is 62.4 Å². The van der Waals surface area contributed by atoms with Gasteiger partial charge in [-0.1, -0.05) is 70.2 Å². The van der Waals surface area contributed by atoms with Crippen LogP contribution in [0.1, 0.15) is 83.4 Å². The van der Waals surface area contributed by atoms with E-state index >= 15 is 0 Å². The number of benzene rings is 2. The summed E-state index contributed by atoms with van der Waals surface area (Å²) in [5.74, 6) is -2.70. The maximum Gasteiger partial charge on any atom is 0.416 e. The van der Waals surface area contributed by atoms with Gasteiger partial charge in [0.15, 0.2) is 11.6 Å². The van der Waals surface area contributed by atoms with Crippen LogP contribution in [0.4, 0.5) is 13.2 Å². The molecule has 2 saturated heterocycles. The lowest BCUT2D eigenvalue weighted by molar-refractivity contribution is -0.137. The van der Waals surface area contributed by atoms with Gasteiger partial charge in [0, 0.05) is 25.4 Å². The molecule has 2 aliphatic heterocycles. The summed E-state index contributed by atoms with van der Waals surface area (Å²) < 4.78 is 50.9. The molecule has 0 bridgehead atoms. The van der Waals surface area contributed by atoms with E-state index in [1.807, 2.05) is 62.9 Å². The Morgan fingerprint density at radius 3 is 1.93 bits per heavy atom. The van der Waals surface area contributed by atoms with Crippen molar-refractivity contribution in [2.24, 2.45) is 17.8 Å². The number of morpholine rings is 1. The lowest BCUT2D eigenvalue weighted by Crippen LogP contribution is -2.57. The molecule has 2 aromatic rings. The third-order valence-corrected chi connectivity index (χ3v) is 10.5. The molecule has 3 N–H and O–H groups in total. The molecule has 3 amide bonds. The van der Waals surface area contributed by atoms with E-state index in [2.05, 4.69) is 16.0 Å². The number of carbonyl (C=O) groups is 5. The average Bonchev–Trinajstić information content (AvgIpc) is 3.92. The molecule has 1 unspecified atom stereocenters. The van der Waals surface area contributed by atoms with Gasteiger partial charge in [-0.05, 0) is 80.5 Å². The molecule has 314 valence electrons. The monoisotopic (exact) mass is 800 g/mol. The second-order valence-electron chi connectivity index (χ2n) is 16.4. The standard InChI is InChI=1S/C43H59F3N4O7/c1-28(2)11-17-35(48-40(54)34(18-14-30-9-7-6-8-10-30)47-38(52)26-50-19-21-56-22-20-50)41(55)49-36(24-31-12-15-33(16-13-31)43(44,45)46)37(51)25-32(23-29(3)4)39(53)42(5)27-57-42/h6-10,12-13,15-16,28-29,32,34-36H,11,14,17-27H2,1-5H3,(H,47,52)(H,48,54)(H,49,55)/t32?,34-,35-,36-,42+/m0/s1. The van der Waals surface area contributed by atoms with Crippen molar-refractivity contribution in [1.82, 2.24) is 20.9 Å². The fourth-order valence-corrected chi connectivity index (χ4v) is 6.97. The molecule has 2 heterocycles. The zero-order chi connectivity index (χ0) is 41.8. The molecular weight excluding hydrogens is 741 g/mol. The Balaban J connectivity index is 1.57. The average molecular weight is 801 g/mol. The summed E-state index contributed by atoms with van der Waals surface area (Å²) in [5.41, 5.74) is -0.494. The molecule has 2 aromatic carbocycles. The molecule has 4 rings (SSSR count). The van der Waals surface area contributed by atoms with E-state index in [4.69, 9.17) is 9.47 Å². The van der Waals surface area contributed by atoms with Gasteiger partial charge in [0.2, 0.25) is 17.7 Å². The number of ketones is 2. The predicted molar refractivity (Wildman–Crippen MR) is 209 cm³/mol. The number of alkyl halides is 3. The second kappa shape index (κ2) is 21.0. The third kappa shape index (κ3) is 15.0. The molecule has 0 spiro atoms. The normalized spacial score (nSPS) is 19.3. The summed E-state index contributed by atoms with van der Waals surface area (Å²) in [6.45, 7) is 12.0. The molecule has 2 fully saturated rings. The molecule has 5 atom stereocenters. The van der Waals surface area contributed by atoms with Gasteiger partial charge in [0.1, 0.15) is 17.7 Å². The number of epoxide rings is 1. The summed E-state index contributed by atoms with van der Waals surface area (Å²) in [6, 6.07) is 10.6. The Bertz CT molecular complexity index is 1640. The second-order valence-corrected chi connectivity index (χ2v) is 16.4. The highest BCUT2D eigenvalue weighted by atomic mass is 19.4. The van der Waals surface area contributed by atoms with Gasteiger partial charge in [-0.15, -0.1) is 0 Å². The van der Waals surface area contributed by atoms with Crippen molar-refractivity contribution in [2.45, 2.75) is 109 Å². The van der Waals surface area contributed by atoms with E-state index in [0.717, 1.165) is 17.7 Å². The van der Waals surface area contributed by atoms with Crippen molar-refractivity contribution in [3.8, 4) is 0 Å². The van der Waals surface area contributed by atoms with Crippen LogP contribution in [0.2, 0.25) is 0 Å². The van der Waals surface area contributed by atoms with Gasteiger partial charge in [-0.25, -0.2) is 0 Å². The van der Waals surface area contributed by atoms with E-state index < -0.39 is 59.0 Å². The van der Waals surface area contributed by atoms with Crippen molar-refractivity contribution < 1.29 is 46.6 Å². The molecule has 57 heavy (non-hydrogen) atoms. The molecule has 11 nitrogen and oxygen atoms in total. The highest BCUT2D eigenvalue weighted by molar-refractivity contribution is 5.98. The van der Waals surface area contributed by atoms with Crippen molar-refractivity contribution in [3.05, 3.63) is 71.3 Å². The van der Waals surface area contributed by atoms with Crippen LogP contribution in [0.5, 0.6) is 0 Å². The molecule has 0 saturated carbocycles. The predicted octanol–water partition coefficient (Wildman–Crippen LogP) is 5.08. The molecular formula is C43H59F3N4O7. The molecule has 0 aliphatic carbocycles. The zero-order valence-corrected chi connectivity index (χ0v) is 33.8. The highest BCUT2D eigenvalue weighted by Gasteiger charge is 2.50. The molecule has 2 aliphatic rings. The smallest absolute Gasteiger partial charge is 0.379 e. The third-order valence-electron chi connectivity index (χ3n) is 10.5. The fourth-order valence-electron chi connectivity index (χ4n) is 6.97. The van der Waals surface area contributed by atoms with Crippen LogP contribution in [0.3, 0.4) is 0 Å². The summed E-state index contributed by atoms with van der Waals surface area (Å²) in [4.78, 5) is 71.0. The van der Waals surface area contributed by atoms with Gasteiger partial charge in [0.25, 0.3) is 0 Å². The fraction of sp³-hybridized carbons (Fsp3) is 0.605. The number of amides is 3. The number of nitrogens with one attached hydrogen (secondary N) is 3. The number of hydrogen-bond donors (Lipinski definition) is 3. The van der Waals surface area contributed by atoms with Crippen LogP contribution in [0, 0.1) is 17.8 Å². The van der Waals surface area contributed by atoms with Crippen LogP contribution in [-0.2, 0) is 52.5 Å². The van der Waals surface area contributed by atoms with Gasteiger partial charge < -0.3 is 25.4 Å². The molecule has 0 aromatic heterocycles. The minimum Gasteiger partial charge on any atom is -0.379 e. The largest absolute Gasteiger partial charge is 0.416 e. The van der Waals surface area contributed by atoms with Crippen molar-refractivity contribution in [1.29, 1.82) is 0 Å². The van der Waals surface area contributed by atoms with Crippen LogP contribution in [0.25, 0.3) is 0 Å². The number of carbonyl (C=O) groups excluding carboxylic acids is 5. The zero-order valence-electron chi connectivity index (χ0n) is 33.8. The lowest BCUT2D eigenvalue weighted by Gasteiger charge is -2.28. The SMILES string of the molecule is CC(C)CC[C@H](NC(=O)[C@H](CCc1ccccc1)NC(=O)CN1CCOCC1)C(=O)N[C@@H](Cc1ccc(C(F)(F)F)cc1)C(=O)CC(CC(C)C)C(=O)[C@@]1(C)CO1. The van der Waals surface area contributed by atoms with Crippen LogP contribution >= 0.6 is 0 Å². The van der Waals surface area contributed by atoms with Gasteiger partial charge in [-0.3, -0.25) is 28.9 Å². The van der Waals surface area contributed by atoms with Crippen LogP contribution < -0.4 is 16.0 Å². The number of rotatable bonds is 22. The Morgan fingerprint density at radius 2 is 1.37 bits per heavy atom. The summed E-state index contributed by atoms with van der Waals surface area (Å²) >= 11 is 0. The van der Waals surface area contributed by atoms with Gasteiger partial charge in [0.05, 0.1) is 38.0 Å². The van der Waals surface area contributed by atoms with Crippen LogP contribution in [-0.4, -0.2) is 97.4 Å². The summed E-state index contributed by atoms with van der Waals surface area (Å²) in [6.07, 6.45) is -3.01. The number of Topliss-reactive ketones (excluding diaryl/α,β-unsaturated/α-hetero) is 2. The van der Waals surface area contributed by atoms with E-state index in [0.29, 0.717) is 51.1 Å². The highest BCUT2D eigenvalue weighted by Crippen LogP contribution is 2.34. The van der Waals surface area contributed by atoms with E-state index in [9.17, 15) is 37.1 Å². The number of hydrogen-bond acceptors (Lipinski definition) is 8. The number of ether oxygens (including phenoxy) is 2. The first-order valence-electron chi connectivity index (χ1n) is 20.0. The quantitative estimate of drug-likeness (QED) is 0.140. The van der Waals surface area contributed by atoms with Crippen molar-refractivity contribution >= 4 is 29.3 Å². The Morgan fingerprint density at radius 1 is 0.772 bits per heavy atom. The first kappa shape index (κ1) is 45.6. The maximum atomic E-state index is 14.2. The first-order valence-corrected chi connectivity index (χ1v) is 20.0. The Labute approximate surface area is 334 Å². The van der Waals surface area contributed by atoms with Gasteiger partial charge in [-0.2, -0.15) is 13.2 Å². The first-order chi connectivity index (χ1) is 26.9. The maximum absolute atomic E-state index is 14.2. The lowest BCUT2D eigenvalue weighted by atomic mass is 9.82. The van der Waals surface area contributed by atoms with Crippen molar-refractivity contribution in [2.75, 3.05) is 39.5 Å². The van der Waals surface area contributed by atoms with E-state index in [1.54, 1.807) is 6.92 Å². The molecule has 0 radical (unpaired) electrons. The van der Waals surface area contributed by atoms with Gasteiger partial charge >= 0.3 is 6.18 Å². The number of halogens is 3. The summed E-state index contributed by atoms with van der Waals surface area (Å²) in [7, 11) is 0. The number of aryl methyl sites for hydroxylation is 1. The molecule has 14 heteroatoms. The minimum absolute atomic E-state index is 0.0666.